The van der Waals surface area contributed by atoms with E-state index in [1.165, 1.54) is 51.4 Å². The number of fused-ring (bicyclic) bond motifs is 1. The topological polar surface area (TPSA) is 94.5 Å². The van der Waals surface area contributed by atoms with E-state index in [4.69, 9.17) is 24.0 Å². The van der Waals surface area contributed by atoms with Gasteiger partial charge in [0.2, 0.25) is 0 Å². The van der Waals surface area contributed by atoms with E-state index >= 15 is 0 Å². The SMILES string of the molecule is CCCCCCCCCCCC(COCCOCCOP(=O)(O)O)Oc1cccc2ccccc12. The maximum Gasteiger partial charge on any atom is 0.469 e. The predicted octanol–water partition coefficient (Wildman–Crippen LogP) is 6.65. The summed E-state index contributed by atoms with van der Waals surface area (Å²) in [4.78, 5) is 17.3. The molecule has 0 aliphatic rings. The van der Waals surface area contributed by atoms with E-state index in [1.807, 2.05) is 24.3 Å². The van der Waals surface area contributed by atoms with Gasteiger partial charge in [-0.2, -0.15) is 0 Å². The first-order chi connectivity index (χ1) is 17.0. The van der Waals surface area contributed by atoms with E-state index in [2.05, 4.69) is 29.6 Å². The second-order valence-electron chi connectivity index (χ2n) is 8.85. The largest absolute Gasteiger partial charge is 0.487 e. The molecule has 7 nitrogen and oxygen atoms in total. The third kappa shape index (κ3) is 14.0. The van der Waals surface area contributed by atoms with Gasteiger partial charge in [-0.05, 0) is 24.3 Å². The summed E-state index contributed by atoms with van der Waals surface area (Å²) in [6.07, 6.45) is 12.4. The van der Waals surface area contributed by atoms with Gasteiger partial charge in [0.25, 0.3) is 0 Å². The van der Waals surface area contributed by atoms with Crippen LogP contribution in [0.4, 0.5) is 0 Å². The second-order valence-corrected chi connectivity index (χ2v) is 10.1. The minimum Gasteiger partial charge on any atom is -0.487 e. The minimum absolute atomic E-state index is 0.0525. The monoisotopic (exact) mass is 510 g/mol. The van der Waals surface area contributed by atoms with Gasteiger partial charge in [0.1, 0.15) is 11.9 Å². The molecule has 8 heteroatoms. The van der Waals surface area contributed by atoms with Crippen molar-refractivity contribution >= 4 is 18.6 Å². The number of hydrogen-bond acceptors (Lipinski definition) is 5. The lowest BCUT2D eigenvalue weighted by Crippen LogP contribution is -2.24. The van der Waals surface area contributed by atoms with Crippen LogP contribution in [0.25, 0.3) is 10.8 Å². The van der Waals surface area contributed by atoms with Crippen LogP contribution in [-0.2, 0) is 18.6 Å². The summed E-state index contributed by atoms with van der Waals surface area (Å²) < 4.78 is 32.5. The van der Waals surface area contributed by atoms with Crippen LogP contribution in [0.5, 0.6) is 5.75 Å². The Morgan fingerprint density at radius 3 is 2.14 bits per heavy atom. The molecule has 0 aliphatic heterocycles. The Balaban J connectivity index is 1.74. The minimum atomic E-state index is -4.44. The lowest BCUT2D eigenvalue weighted by molar-refractivity contribution is 0.00254. The Kier molecular flexibility index (Phi) is 15.2. The van der Waals surface area contributed by atoms with Gasteiger partial charge in [-0.3, -0.25) is 4.52 Å². The maximum absolute atomic E-state index is 10.6. The molecular formula is C27H43O7P. The van der Waals surface area contributed by atoms with Gasteiger partial charge >= 0.3 is 7.82 Å². The average molecular weight is 511 g/mol. The summed E-state index contributed by atoms with van der Waals surface area (Å²) in [5, 5.41) is 2.25. The van der Waals surface area contributed by atoms with Crippen LogP contribution in [0.3, 0.4) is 0 Å². The van der Waals surface area contributed by atoms with Crippen LogP contribution in [0.2, 0.25) is 0 Å². The lowest BCUT2D eigenvalue weighted by atomic mass is 10.0. The maximum atomic E-state index is 10.6. The van der Waals surface area contributed by atoms with Gasteiger partial charge in [0, 0.05) is 5.39 Å². The van der Waals surface area contributed by atoms with E-state index in [9.17, 15) is 4.57 Å². The van der Waals surface area contributed by atoms with Crippen molar-refractivity contribution < 1.29 is 33.1 Å². The Morgan fingerprint density at radius 2 is 1.40 bits per heavy atom. The molecule has 0 saturated heterocycles. The van der Waals surface area contributed by atoms with Crippen molar-refractivity contribution in [3.63, 3.8) is 0 Å². The molecule has 2 aromatic carbocycles. The van der Waals surface area contributed by atoms with Gasteiger partial charge < -0.3 is 24.0 Å². The summed E-state index contributed by atoms with van der Waals surface area (Å²) in [5.41, 5.74) is 0. The van der Waals surface area contributed by atoms with E-state index < -0.39 is 7.82 Å². The second kappa shape index (κ2) is 17.9. The molecule has 1 unspecified atom stereocenters. The Labute approximate surface area is 210 Å². The molecule has 2 N–H and O–H groups in total. The third-order valence-electron chi connectivity index (χ3n) is 5.84. The van der Waals surface area contributed by atoms with Crippen molar-refractivity contribution in [2.24, 2.45) is 0 Å². The first-order valence-electron chi connectivity index (χ1n) is 13.0. The van der Waals surface area contributed by atoms with Gasteiger partial charge in [0.05, 0.1) is 33.0 Å². The molecule has 0 aliphatic carbocycles. The summed E-state index contributed by atoms with van der Waals surface area (Å²) in [6.45, 7) is 3.35. The van der Waals surface area contributed by atoms with Crippen molar-refractivity contribution in [2.75, 3.05) is 33.0 Å². The van der Waals surface area contributed by atoms with Gasteiger partial charge in [-0.15, -0.1) is 0 Å². The Morgan fingerprint density at radius 1 is 0.771 bits per heavy atom. The molecule has 0 fully saturated rings. The average Bonchev–Trinajstić information content (AvgIpc) is 2.84. The normalized spacial score (nSPS) is 12.8. The summed E-state index contributed by atoms with van der Waals surface area (Å²) in [6, 6.07) is 14.3. The third-order valence-corrected chi connectivity index (χ3v) is 6.35. The molecule has 0 spiro atoms. The van der Waals surface area contributed by atoms with Crippen molar-refractivity contribution in [1.29, 1.82) is 0 Å². The smallest absolute Gasteiger partial charge is 0.469 e. The molecule has 0 saturated carbocycles. The van der Waals surface area contributed by atoms with Crippen LogP contribution in [0, 0.1) is 0 Å². The fraction of sp³-hybridized carbons (Fsp3) is 0.630. The van der Waals surface area contributed by atoms with Crippen molar-refractivity contribution in [1.82, 2.24) is 0 Å². The number of unbranched alkanes of at least 4 members (excludes halogenated alkanes) is 8. The molecule has 1 atom stereocenters. The zero-order chi connectivity index (χ0) is 25.2. The van der Waals surface area contributed by atoms with Gasteiger partial charge in [-0.1, -0.05) is 94.7 Å². The quantitative estimate of drug-likeness (QED) is 0.143. The number of benzene rings is 2. The molecule has 0 aromatic heterocycles. The van der Waals surface area contributed by atoms with Crippen LogP contribution >= 0.6 is 7.82 Å². The standard InChI is InChI=1S/C27H43O7P/c1-2-3-4-5-6-7-8-9-10-16-25(23-32-20-19-31-21-22-33-35(28,29)30)34-27-18-13-15-24-14-11-12-17-26(24)27/h11-15,17-18,25H,2-10,16,19-23H2,1H3,(H2,28,29,30). The Bertz CT molecular complexity index is 849. The molecule has 2 rings (SSSR count). The molecule has 0 radical (unpaired) electrons. The van der Waals surface area contributed by atoms with Gasteiger partial charge in [0.15, 0.2) is 0 Å². The zero-order valence-corrected chi connectivity index (χ0v) is 22.0. The highest BCUT2D eigenvalue weighted by molar-refractivity contribution is 7.46. The number of hydrogen-bond donors (Lipinski definition) is 2. The van der Waals surface area contributed by atoms with E-state index in [1.54, 1.807) is 0 Å². The molecular weight excluding hydrogens is 467 g/mol. The molecule has 35 heavy (non-hydrogen) atoms. The highest BCUT2D eigenvalue weighted by Crippen LogP contribution is 2.35. The van der Waals surface area contributed by atoms with Crippen LogP contribution in [-0.4, -0.2) is 48.9 Å². The van der Waals surface area contributed by atoms with E-state index in [0.29, 0.717) is 19.8 Å². The van der Waals surface area contributed by atoms with Crippen LogP contribution in [0.15, 0.2) is 42.5 Å². The van der Waals surface area contributed by atoms with Crippen LogP contribution < -0.4 is 4.74 Å². The number of phosphoric ester groups is 1. The van der Waals surface area contributed by atoms with Crippen molar-refractivity contribution in [3.05, 3.63) is 42.5 Å². The predicted molar refractivity (Wildman–Crippen MR) is 140 cm³/mol. The van der Waals surface area contributed by atoms with Gasteiger partial charge in [-0.25, -0.2) is 4.57 Å². The first-order valence-corrected chi connectivity index (χ1v) is 14.5. The lowest BCUT2D eigenvalue weighted by Gasteiger charge is -2.20. The highest BCUT2D eigenvalue weighted by Gasteiger charge is 2.14. The number of rotatable bonds is 21. The number of ether oxygens (including phenoxy) is 3. The summed E-state index contributed by atoms with van der Waals surface area (Å²) >= 11 is 0. The zero-order valence-electron chi connectivity index (χ0n) is 21.1. The van der Waals surface area contributed by atoms with E-state index in [0.717, 1.165) is 29.4 Å². The molecule has 2 aromatic rings. The fourth-order valence-corrected chi connectivity index (χ4v) is 4.30. The Hall–Kier alpha value is -1.47. The molecule has 0 heterocycles. The molecule has 0 bridgehead atoms. The van der Waals surface area contributed by atoms with Crippen molar-refractivity contribution in [3.8, 4) is 5.75 Å². The molecule has 198 valence electrons. The molecule has 0 amide bonds. The van der Waals surface area contributed by atoms with Crippen molar-refractivity contribution in [2.45, 2.75) is 77.2 Å². The fourth-order valence-electron chi connectivity index (χ4n) is 3.99. The van der Waals surface area contributed by atoms with Crippen LogP contribution in [0.1, 0.15) is 71.1 Å². The highest BCUT2D eigenvalue weighted by atomic mass is 31.2. The summed E-state index contributed by atoms with van der Waals surface area (Å²) in [7, 11) is -4.44. The first kappa shape index (κ1) is 29.8. The number of phosphoric acid groups is 1. The van der Waals surface area contributed by atoms with E-state index in [-0.39, 0.29) is 19.3 Å². The summed E-state index contributed by atoms with van der Waals surface area (Å²) in [5.74, 6) is 0.874.